The smallest absolute Gasteiger partial charge is 0.396 e. The zero-order chi connectivity index (χ0) is 30.6. The van der Waals surface area contributed by atoms with Gasteiger partial charge in [-0.25, -0.2) is 14.4 Å². The monoisotopic (exact) mass is 592 g/mol. The molecule has 7 nitrogen and oxygen atoms in total. The summed E-state index contributed by atoms with van der Waals surface area (Å²) in [6, 6.07) is 13.3. The van der Waals surface area contributed by atoms with Gasteiger partial charge in [-0.1, -0.05) is 30.3 Å². The van der Waals surface area contributed by atoms with E-state index < -0.39 is 23.5 Å². The number of amides is 1. The fraction of sp³-hybridized carbons (Fsp3) is 0.281. The Kier molecular flexibility index (Phi) is 8.79. The van der Waals surface area contributed by atoms with Gasteiger partial charge in [-0.05, 0) is 79.6 Å². The van der Waals surface area contributed by atoms with Crippen molar-refractivity contribution in [1.29, 1.82) is 0 Å². The van der Waals surface area contributed by atoms with Crippen molar-refractivity contribution in [2.45, 2.75) is 45.3 Å². The van der Waals surface area contributed by atoms with Gasteiger partial charge in [0, 0.05) is 31.5 Å². The average Bonchev–Trinajstić information content (AvgIpc) is 3.15. The molecule has 2 aromatic carbocycles. The van der Waals surface area contributed by atoms with E-state index in [2.05, 4.69) is 26.6 Å². The summed E-state index contributed by atoms with van der Waals surface area (Å²) in [6.45, 7) is 4.07. The zero-order valence-electron chi connectivity index (χ0n) is 23.6. The number of alkyl halides is 3. The van der Waals surface area contributed by atoms with Gasteiger partial charge in [0.2, 0.25) is 0 Å². The molecule has 43 heavy (non-hydrogen) atoms. The molecule has 2 aliphatic rings. The van der Waals surface area contributed by atoms with Crippen LogP contribution in [0, 0.1) is 5.82 Å². The van der Waals surface area contributed by atoms with E-state index in [1.54, 1.807) is 0 Å². The van der Waals surface area contributed by atoms with Crippen molar-refractivity contribution >= 4 is 28.9 Å². The number of amidine groups is 1. The molecule has 3 heterocycles. The third kappa shape index (κ3) is 7.22. The van der Waals surface area contributed by atoms with E-state index in [0.29, 0.717) is 12.6 Å². The van der Waals surface area contributed by atoms with Gasteiger partial charge in [0.25, 0.3) is 5.91 Å². The lowest BCUT2D eigenvalue weighted by Gasteiger charge is -2.30. The molecule has 1 saturated heterocycles. The summed E-state index contributed by atoms with van der Waals surface area (Å²) in [5.41, 5.74) is 9.71. The summed E-state index contributed by atoms with van der Waals surface area (Å²) in [5.74, 6) is -0.524. The molecule has 0 bridgehead atoms. The number of pyridine rings is 1. The summed E-state index contributed by atoms with van der Waals surface area (Å²) in [6.07, 6.45) is 2.16. The Labute approximate surface area is 247 Å². The summed E-state index contributed by atoms with van der Waals surface area (Å²) in [5, 5.41) is 5.48. The number of aromatic nitrogens is 1. The third-order valence-electron chi connectivity index (χ3n) is 7.46. The fourth-order valence-electron chi connectivity index (χ4n) is 4.94. The van der Waals surface area contributed by atoms with Gasteiger partial charge in [0.1, 0.15) is 11.6 Å². The highest BCUT2D eigenvalue weighted by Crippen LogP contribution is 2.31. The average molecular weight is 593 g/mol. The normalized spacial score (nSPS) is 15.9. The molecule has 0 spiro atoms. The van der Waals surface area contributed by atoms with Crippen LogP contribution in [-0.4, -0.2) is 34.7 Å². The standard InChI is InChI=1S/C32H32F4N6O/c1-20-5-14-27(41-30(28(20)37)42-15-3-2-4-16-42)22-8-6-21(7-9-22)18-38-29-26(17-23(19-39-29)32(34,35)36)31(43)40-25-12-10-24(33)11-13-25/h6-14,17,19H,2-5,15-16,18,37H2,1H3,(H,38,39)(H,40,43). The molecule has 0 aliphatic carbocycles. The number of nitrogens with one attached hydrogen (secondary N) is 2. The molecular weight excluding hydrogens is 560 g/mol. The molecule has 0 radical (unpaired) electrons. The van der Waals surface area contributed by atoms with Crippen molar-refractivity contribution in [3.05, 3.63) is 106 Å². The number of piperidine rings is 1. The quantitative estimate of drug-likeness (QED) is 0.269. The van der Waals surface area contributed by atoms with Crippen LogP contribution in [0.1, 0.15) is 59.7 Å². The van der Waals surface area contributed by atoms with Crippen LogP contribution in [0.4, 0.5) is 29.1 Å². The summed E-state index contributed by atoms with van der Waals surface area (Å²) < 4.78 is 53.5. The van der Waals surface area contributed by atoms with Crippen LogP contribution < -0.4 is 16.4 Å². The SMILES string of the molecule is CC1=C(N)C(N2CCCCC2)=NC(c2ccc(CNc3ncc(C(F)(F)F)cc3C(=O)Nc3ccc(F)cc3)cc2)=CC1. The van der Waals surface area contributed by atoms with E-state index in [1.165, 1.54) is 18.6 Å². The number of halogens is 4. The van der Waals surface area contributed by atoms with Crippen LogP contribution >= 0.6 is 0 Å². The minimum absolute atomic E-state index is 0.0176. The number of allylic oxidation sites excluding steroid dienone is 2. The lowest BCUT2D eigenvalue weighted by atomic mass is 10.1. The molecule has 0 atom stereocenters. The maximum absolute atomic E-state index is 13.4. The number of carbonyl (C=O) groups is 1. The second-order valence-electron chi connectivity index (χ2n) is 10.6. The van der Waals surface area contributed by atoms with Crippen LogP contribution in [-0.2, 0) is 12.7 Å². The molecule has 3 aromatic rings. The largest absolute Gasteiger partial charge is 0.417 e. The number of nitrogens with two attached hydrogens (primary N) is 1. The van der Waals surface area contributed by atoms with E-state index in [9.17, 15) is 22.4 Å². The minimum Gasteiger partial charge on any atom is -0.396 e. The van der Waals surface area contributed by atoms with Gasteiger partial charge in [0.15, 0.2) is 5.84 Å². The van der Waals surface area contributed by atoms with Crippen molar-refractivity contribution in [2.24, 2.45) is 10.7 Å². The van der Waals surface area contributed by atoms with Gasteiger partial charge in [-0.3, -0.25) is 4.79 Å². The van der Waals surface area contributed by atoms with Crippen LogP contribution in [0.3, 0.4) is 0 Å². The van der Waals surface area contributed by atoms with E-state index in [1.807, 2.05) is 31.2 Å². The maximum Gasteiger partial charge on any atom is 0.417 e. The molecular formula is C32H32F4N6O. The third-order valence-corrected chi connectivity index (χ3v) is 7.46. The number of likely N-dealkylation sites (tertiary alicyclic amines) is 1. The van der Waals surface area contributed by atoms with Crippen LogP contribution in [0.25, 0.3) is 5.70 Å². The summed E-state index contributed by atoms with van der Waals surface area (Å²) >= 11 is 0. The number of benzene rings is 2. The Morgan fingerprint density at radius 2 is 1.72 bits per heavy atom. The van der Waals surface area contributed by atoms with Crippen LogP contribution in [0.15, 0.2) is 83.1 Å². The van der Waals surface area contributed by atoms with Crippen molar-refractivity contribution in [3.8, 4) is 0 Å². The number of hydrogen-bond acceptors (Lipinski definition) is 6. The molecule has 224 valence electrons. The zero-order valence-corrected chi connectivity index (χ0v) is 23.6. The Morgan fingerprint density at radius 1 is 1.02 bits per heavy atom. The Morgan fingerprint density at radius 3 is 2.40 bits per heavy atom. The number of aliphatic imine (C=N–C) groups is 1. The van der Waals surface area contributed by atoms with E-state index in [-0.39, 0.29) is 23.6 Å². The van der Waals surface area contributed by atoms with Crippen molar-refractivity contribution in [2.75, 3.05) is 23.7 Å². The van der Waals surface area contributed by atoms with Crippen LogP contribution in [0.2, 0.25) is 0 Å². The second kappa shape index (κ2) is 12.7. The second-order valence-corrected chi connectivity index (χ2v) is 10.6. The molecule has 5 rings (SSSR count). The number of hydrogen-bond donors (Lipinski definition) is 3. The topological polar surface area (TPSA) is 95.6 Å². The van der Waals surface area contributed by atoms with Gasteiger partial charge in [-0.15, -0.1) is 0 Å². The number of nitrogens with zero attached hydrogens (tertiary/aromatic N) is 3. The minimum atomic E-state index is -4.69. The summed E-state index contributed by atoms with van der Waals surface area (Å²) in [4.78, 5) is 24.1. The summed E-state index contributed by atoms with van der Waals surface area (Å²) in [7, 11) is 0. The molecule has 11 heteroatoms. The Hall–Kier alpha value is -4.67. The van der Waals surface area contributed by atoms with E-state index >= 15 is 0 Å². The first kappa shape index (κ1) is 29.8. The predicted molar refractivity (Wildman–Crippen MR) is 160 cm³/mol. The van der Waals surface area contributed by atoms with Gasteiger partial charge in [0.05, 0.1) is 22.5 Å². The van der Waals surface area contributed by atoms with Crippen molar-refractivity contribution < 1.29 is 22.4 Å². The van der Waals surface area contributed by atoms with Crippen molar-refractivity contribution in [1.82, 2.24) is 9.88 Å². The first-order chi connectivity index (χ1) is 20.6. The molecule has 0 saturated carbocycles. The molecule has 4 N–H and O–H groups in total. The number of rotatable bonds is 6. The highest BCUT2D eigenvalue weighted by molar-refractivity contribution is 6.07. The first-order valence-corrected chi connectivity index (χ1v) is 14.1. The van der Waals surface area contributed by atoms with Gasteiger partial charge >= 0.3 is 6.18 Å². The predicted octanol–water partition coefficient (Wildman–Crippen LogP) is 6.97. The molecule has 0 unspecified atom stereocenters. The Bertz CT molecular complexity index is 1570. The van der Waals surface area contributed by atoms with Crippen LogP contribution in [0.5, 0.6) is 0 Å². The molecule has 1 amide bonds. The lowest BCUT2D eigenvalue weighted by Crippen LogP contribution is -2.38. The lowest BCUT2D eigenvalue weighted by molar-refractivity contribution is -0.137. The molecule has 1 fully saturated rings. The molecule has 1 aromatic heterocycles. The highest BCUT2D eigenvalue weighted by Gasteiger charge is 2.32. The first-order valence-electron chi connectivity index (χ1n) is 14.1. The number of anilines is 2. The van der Waals surface area contributed by atoms with E-state index in [0.717, 1.165) is 78.1 Å². The number of carbonyl (C=O) groups excluding carboxylic acids is 1. The molecule has 2 aliphatic heterocycles. The maximum atomic E-state index is 13.4. The Balaban J connectivity index is 1.33. The van der Waals surface area contributed by atoms with Crippen molar-refractivity contribution in [3.63, 3.8) is 0 Å². The van der Waals surface area contributed by atoms with E-state index in [4.69, 9.17) is 10.7 Å². The van der Waals surface area contributed by atoms with Gasteiger partial charge < -0.3 is 21.3 Å². The van der Waals surface area contributed by atoms with Gasteiger partial charge in [-0.2, -0.15) is 13.2 Å². The fourth-order valence-corrected chi connectivity index (χ4v) is 4.94. The highest BCUT2D eigenvalue weighted by atomic mass is 19.4.